The van der Waals surface area contributed by atoms with Gasteiger partial charge in [0.25, 0.3) is 5.91 Å². The smallest absolute Gasteiger partial charge is 0.312 e. The molecule has 188 valence electrons. The minimum atomic E-state index is -1.25. The number of alkyl halides is 1. The Morgan fingerprint density at radius 1 is 1.34 bits per heavy atom. The van der Waals surface area contributed by atoms with Gasteiger partial charge >= 0.3 is 5.97 Å². The van der Waals surface area contributed by atoms with E-state index in [4.69, 9.17) is 21.1 Å². The molecule has 0 saturated carbocycles. The second kappa shape index (κ2) is 10.4. The highest BCUT2D eigenvalue weighted by Gasteiger charge is 2.77. The molecule has 8 nitrogen and oxygen atoms in total. The molecule has 2 bridgehead atoms. The fourth-order valence-corrected chi connectivity index (χ4v) is 6.80. The maximum atomic E-state index is 14.2. The summed E-state index contributed by atoms with van der Waals surface area (Å²) in [6.07, 6.45) is 3.44. The summed E-state index contributed by atoms with van der Waals surface area (Å²) in [7, 11) is 0. The molecule has 3 fully saturated rings. The van der Waals surface area contributed by atoms with Crippen molar-refractivity contribution in [2.45, 2.75) is 35.4 Å². The number of nitrogens with zero attached hydrogens (tertiary/aromatic N) is 2. The Morgan fingerprint density at radius 2 is 2.09 bits per heavy atom. The van der Waals surface area contributed by atoms with Crippen molar-refractivity contribution >= 4 is 51.0 Å². The topological polar surface area (TPSA) is 96.4 Å². The van der Waals surface area contributed by atoms with Crippen molar-refractivity contribution < 1.29 is 29.0 Å². The van der Waals surface area contributed by atoms with Gasteiger partial charge in [0.15, 0.2) is 0 Å². The van der Waals surface area contributed by atoms with Gasteiger partial charge in [-0.05, 0) is 25.0 Å². The normalized spacial score (nSPS) is 30.8. The van der Waals surface area contributed by atoms with Gasteiger partial charge in [0, 0.05) is 17.9 Å². The number of para-hydroxylation sites is 1. The van der Waals surface area contributed by atoms with Crippen LogP contribution in [-0.2, 0) is 23.9 Å². The number of carbonyl (C=O) groups is 3. The third kappa shape index (κ3) is 4.22. The summed E-state index contributed by atoms with van der Waals surface area (Å²) in [5.41, 5.74) is -0.774. The Kier molecular flexibility index (Phi) is 7.71. The fourth-order valence-electron chi connectivity index (χ4n) is 5.62. The maximum Gasteiger partial charge on any atom is 0.312 e. The molecule has 4 rings (SSSR count). The van der Waals surface area contributed by atoms with Crippen molar-refractivity contribution in [2.24, 2.45) is 11.8 Å². The van der Waals surface area contributed by atoms with Crippen LogP contribution in [0.25, 0.3) is 0 Å². The average Bonchev–Trinajstić information content (AvgIpc) is 3.42. The number of halogens is 2. The number of hydrogen-bond acceptors (Lipinski definition) is 6. The number of carbonyl (C=O) groups excluding carboxylic acids is 3. The summed E-state index contributed by atoms with van der Waals surface area (Å²) >= 11 is 10.0. The summed E-state index contributed by atoms with van der Waals surface area (Å²) in [5, 5.41) is 10.1. The zero-order chi connectivity index (χ0) is 25.3. The lowest BCUT2D eigenvalue weighted by molar-refractivity contribution is -0.154. The van der Waals surface area contributed by atoms with E-state index in [-0.39, 0.29) is 31.1 Å². The first kappa shape index (κ1) is 25.9. The number of ether oxygens (including phenoxy) is 2. The minimum Gasteiger partial charge on any atom is -0.465 e. The molecule has 1 aromatic rings. The Morgan fingerprint density at radius 3 is 2.74 bits per heavy atom. The number of β-amino-alcohol motifs (C(OH)–C–C–N with tert-alkyl or cyclic N) is 1. The number of likely N-dealkylation sites (tertiary alicyclic amines) is 1. The van der Waals surface area contributed by atoms with E-state index in [9.17, 15) is 19.5 Å². The highest BCUT2D eigenvalue weighted by atomic mass is 79.9. The Balaban J connectivity index is 1.75. The molecular weight excluding hydrogens is 540 g/mol. The Labute approximate surface area is 217 Å². The first-order valence-corrected chi connectivity index (χ1v) is 12.8. The molecule has 0 aliphatic carbocycles. The van der Waals surface area contributed by atoms with Crippen LogP contribution in [-0.4, -0.2) is 76.7 Å². The summed E-state index contributed by atoms with van der Waals surface area (Å²) in [6.45, 7) is 7.27. The van der Waals surface area contributed by atoms with Gasteiger partial charge < -0.3 is 24.4 Å². The van der Waals surface area contributed by atoms with Crippen LogP contribution in [0, 0.1) is 11.8 Å². The number of aliphatic hydroxyl groups is 1. The Bertz CT molecular complexity index is 1040. The van der Waals surface area contributed by atoms with Crippen molar-refractivity contribution in [2.75, 3.05) is 31.2 Å². The van der Waals surface area contributed by atoms with Gasteiger partial charge in [0.1, 0.15) is 11.6 Å². The molecule has 35 heavy (non-hydrogen) atoms. The van der Waals surface area contributed by atoms with Gasteiger partial charge in [-0.25, -0.2) is 0 Å². The van der Waals surface area contributed by atoms with Crippen molar-refractivity contribution in [3.8, 4) is 0 Å². The minimum absolute atomic E-state index is 0.0723. The molecule has 3 aliphatic rings. The van der Waals surface area contributed by atoms with Crippen LogP contribution in [0.4, 0.5) is 5.69 Å². The van der Waals surface area contributed by atoms with Crippen molar-refractivity contribution in [3.63, 3.8) is 0 Å². The van der Waals surface area contributed by atoms with E-state index >= 15 is 0 Å². The molecule has 0 radical (unpaired) electrons. The molecule has 3 heterocycles. The monoisotopic (exact) mass is 566 g/mol. The van der Waals surface area contributed by atoms with E-state index in [0.29, 0.717) is 23.6 Å². The zero-order valence-corrected chi connectivity index (χ0v) is 21.5. The first-order chi connectivity index (χ1) is 16.8. The van der Waals surface area contributed by atoms with Gasteiger partial charge in [0.2, 0.25) is 5.91 Å². The molecular formula is C25H28BrClN2O6. The van der Waals surface area contributed by atoms with Crippen LogP contribution < -0.4 is 4.90 Å². The van der Waals surface area contributed by atoms with Crippen molar-refractivity contribution in [1.82, 2.24) is 4.90 Å². The van der Waals surface area contributed by atoms with Crippen LogP contribution in [0.1, 0.15) is 12.8 Å². The average molecular weight is 568 g/mol. The van der Waals surface area contributed by atoms with Crippen LogP contribution in [0.15, 0.2) is 49.6 Å². The van der Waals surface area contributed by atoms with Crippen LogP contribution >= 0.6 is 27.5 Å². The number of anilines is 1. The lowest BCUT2D eigenvalue weighted by atomic mass is 9.70. The largest absolute Gasteiger partial charge is 0.465 e. The van der Waals surface area contributed by atoms with Crippen molar-refractivity contribution in [1.29, 1.82) is 0 Å². The summed E-state index contributed by atoms with van der Waals surface area (Å²) in [5.74, 6) is -3.11. The SMILES string of the molecule is C=CCCOC(=O)[C@H]1[C@H]2C(=O)N(CCO)C(C(=O)N(CC=C)c3ccccc3Cl)C23CC(Br)[C@@H]1O3. The molecule has 10 heteroatoms. The molecule has 1 aromatic carbocycles. The number of esters is 1. The van der Waals surface area contributed by atoms with Gasteiger partial charge in [-0.1, -0.05) is 51.8 Å². The molecule has 3 aliphatic heterocycles. The van der Waals surface area contributed by atoms with Crippen molar-refractivity contribution in [3.05, 3.63) is 54.6 Å². The quantitative estimate of drug-likeness (QED) is 0.202. The van der Waals surface area contributed by atoms with Crippen LogP contribution in [0.5, 0.6) is 0 Å². The lowest BCUT2D eigenvalue weighted by Crippen LogP contribution is -2.57. The summed E-state index contributed by atoms with van der Waals surface area (Å²) in [4.78, 5) is 43.5. The van der Waals surface area contributed by atoms with E-state index in [1.54, 1.807) is 36.4 Å². The van der Waals surface area contributed by atoms with Gasteiger partial charge in [-0.15, -0.1) is 13.2 Å². The third-order valence-electron chi connectivity index (χ3n) is 6.92. The second-order valence-corrected chi connectivity index (χ2v) is 10.4. The molecule has 2 amide bonds. The highest BCUT2D eigenvalue weighted by Crippen LogP contribution is 2.60. The number of amides is 2. The number of aliphatic hydroxyl groups excluding tert-OH is 1. The molecule has 1 N–H and O–H groups in total. The van der Waals surface area contributed by atoms with Crippen LogP contribution in [0.3, 0.4) is 0 Å². The first-order valence-electron chi connectivity index (χ1n) is 11.5. The Hall–Kier alpha value is -2.20. The zero-order valence-electron chi connectivity index (χ0n) is 19.1. The standard InChI is InChI=1S/C25H28BrClN2O6/c1-3-5-13-34-24(33)18-19-22(31)29(11-12-30)21(25(19)14-15(26)20(18)35-25)23(32)28(10-4-2)17-9-7-6-8-16(17)27/h3-4,6-9,15,18-21,30H,1-2,5,10-14H2/t15?,18-,19-,20-,21?,25?/m0/s1. The molecule has 1 spiro atoms. The predicted octanol–water partition coefficient (Wildman–Crippen LogP) is 2.72. The maximum absolute atomic E-state index is 14.2. The van der Waals surface area contributed by atoms with E-state index in [2.05, 4.69) is 29.1 Å². The van der Waals surface area contributed by atoms with E-state index < -0.39 is 47.4 Å². The molecule has 3 unspecified atom stereocenters. The lowest BCUT2D eigenvalue weighted by Gasteiger charge is -2.37. The number of fused-ring (bicyclic) bond motifs is 1. The number of benzene rings is 1. The van der Waals surface area contributed by atoms with Gasteiger partial charge in [0.05, 0.1) is 41.9 Å². The highest BCUT2D eigenvalue weighted by molar-refractivity contribution is 9.09. The van der Waals surface area contributed by atoms with E-state index in [0.717, 1.165) is 0 Å². The van der Waals surface area contributed by atoms with E-state index in [1.807, 2.05) is 0 Å². The number of rotatable bonds is 10. The third-order valence-corrected chi connectivity index (χ3v) is 8.09. The summed E-state index contributed by atoms with van der Waals surface area (Å²) in [6, 6.07) is 5.85. The van der Waals surface area contributed by atoms with Gasteiger partial charge in [-0.3, -0.25) is 14.4 Å². The summed E-state index contributed by atoms with van der Waals surface area (Å²) < 4.78 is 11.8. The van der Waals surface area contributed by atoms with Crippen LogP contribution in [0.2, 0.25) is 5.02 Å². The second-order valence-electron chi connectivity index (χ2n) is 8.85. The van der Waals surface area contributed by atoms with E-state index in [1.165, 1.54) is 9.80 Å². The predicted molar refractivity (Wildman–Crippen MR) is 134 cm³/mol. The molecule has 0 aromatic heterocycles. The fraction of sp³-hybridized carbons (Fsp3) is 0.480. The number of hydrogen-bond donors (Lipinski definition) is 1. The molecule has 3 saturated heterocycles. The van der Waals surface area contributed by atoms with Gasteiger partial charge in [-0.2, -0.15) is 0 Å². The molecule has 6 atom stereocenters.